The summed E-state index contributed by atoms with van der Waals surface area (Å²) in [6.45, 7) is 1.70. The minimum Gasteiger partial charge on any atom is -0.478 e. The van der Waals surface area contributed by atoms with Gasteiger partial charge in [-0.05, 0) is 24.1 Å². The monoisotopic (exact) mass is 279 g/mol. The number of carboxylic acid groups (broad SMARTS) is 1. The second kappa shape index (κ2) is 6.61. The van der Waals surface area contributed by atoms with Gasteiger partial charge < -0.3 is 10.0 Å². The van der Waals surface area contributed by atoms with E-state index in [1.54, 1.807) is 24.3 Å². The van der Waals surface area contributed by atoms with E-state index < -0.39 is 5.97 Å². The molecule has 1 aliphatic heterocycles. The Bertz CT molecular complexity index is 452. The topological polar surface area (TPSA) is 57.6 Å². The van der Waals surface area contributed by atoms with Crippen molar-refractivity contribution in [2.75, 3.05) is 24.6 Å². The summed E-state index contributed by atoms with van der Waals surface area (Å²) in [6.07, 6.45) is 1.17. The van der Waals surface area contributed by atoms with Gasteiger partial charge in [-0.15, -0.1) is 0 Å². The molecule has 1 saturated heterocycles. The number of aromatic carboxylic acids is 1. The Kier molecular flexibility index (Phi) is 4.85. The molecule has 5 heteroatoms. The number of amides is 1. The number of rotatable bonds is 4. The largest absolute Gasteiger partial charge is 0.478 e. The number of nitrogens with zero attached hydrogens (tertiary/aromatic N) is 1. The summed E-state index contributed by atoms with van der Waals surface area (Å²) in [6, 6.07) is 6.73. The van der Waals surface area contributed by atoms with Gasteiger partial charge in [-0.3, -0.25) is 4.79 Å². The van der Waals surface area contributed by atoms with Crippen molar-refractivity contribution in [3.05, 3.63) is 35.4 Å². The number of hydrogen-bond donors (Lipinski definition) is 1. The van der Waals surface area contributed by atoms with Crippen molar-refractivity contribution in [2.45, 2.75) is 12.8 Å². The molecule has 1 aromatic carbocycles. The first-order chi connectivity index (χ1) is 9.16. The van der Waals surface area contributed by atoms with E-state index in [1.165, 1.54) is 0 Å². The lowest BCUT2D eigenvalue weighted by Crippen LogP contribution is -2.37. The predicted molar refractivity (Wildman–Crippen MR) is 75.6 cm³/mol. The molecular weight excluding hydrogens is 262 g/mol. The minimum absolute atomic E-state index is 0.197. The zero-order valence-electron chi connectivity index (χ0n) is 10.7. The van der Waals surface area contributed by atoms with Crippen LogP contribution in [-0.4, -0.2) is 46.5 Å². The first kappa shape index (κ1) is 13.9. The summed E-state index contributed by atoms with van der Waals surface area (Å²) in [5, 5.41) is 8.80. The summed E-state index contributed by atoms with van der Waals surface area (Å²) in [5.74, 6) is 1.33. The Morgan fingerprint density at radius 3 is 2.37 bits per heavy atom. The number of thioether (sulfide) groups is 1. The maximum absolute atomic E-state index is 12.0. The third kappa shape index (κ3) is 3.99. The van der Waals surface area contributed by atoms with Crippen molar-refractivity contribution in [1.82, 2.24) is 4.90 Å². The Hall–Kier alpha value is -1.49. The molecule has 19 heavy (non-hydrogen) atoms. The van der Waals surface area contributed by atoms with Crippen molar-refractivity contribution in [1.29, 1.82) is 0 Å². The Balaban J connectivity index is 1.84. The van der Waals surface area contributed by atoms with E-state index >= 15 is 0 Å². The molecule has 2 rings (SSSR count). The number of carboxylic acids is 1. The summed E-state index contributed by atoms with van der Waals surface area (Å²) in [5.41, 5.74) is 1.29. The minimum atomic E-state index is -0.923. The first-order valence-electron chi connectivity index (χ1n) is 6.34. The van der Waals surface area contributed by atoms with Crippen LogP contribution in [0.15, 0.2) is 24.3 Å². The maximum atomic E-state index is 12.0. The van der Waals surface area contributed by atoms with Gasteiger partial charge >= 0.3 is 5.97 Å². The fourth-order valence-corrected chi connectivity index (χ4v) is 2.94. The van der Waals surface area contributed by atoms with Crippen LogP contribution in [0.3, 0.4) is 0 Å². The van der Waals surface area contributed by atoms with Crippen LogP contribution in [0.2, 0.25) is 0 Å². The number of carbonyl (C=O) groups excluding carboxylic acids is 1. The van der Waals surface area contributed by atoms with Gasteiger partial charge in [0.2, 0.25) is 5.91 Å². The van der Waals surface area contributed by atoms with Crippen LogP contribution >= 0.6 is 11.8 Å². The van der Waals surface area contributed by atoms with Crippen LogP contribution < -0.4 is 0 Å². The van der Waals surface area contributed by atoms with Crippen LogP contribution in [0.1, 0.15) is 22.3 Å². The highest BCUT2D eigenvalue weighted by Crippen LogP contribution is 2.12. The summed E-state index contributed by atoms with van der Waals surface area (Å²) < 4.78 is 0. The van der Waals surface area contributed by atoms with Gasteiger partial charge in [-0.1, -0.05) is 12.1 Å². The van der Waals surface area contributed by atoms with Crippen molar-refractivity contribution in [3.8, 4) is 0 Å². The normalized spacial score (nSPS) is 15.3. The molecule has 1 aliphatic rings. The quantitative estimate of drug-likeness (QED) is 0.914. The lowest BCUT2D eigenvalue weighted by atomic mass is 10.1. The highest BCUT2D eigenvalue weighted by atomic mass is 32.2. The average molecular weight is 279 g/mol. The predicted octanol–water partition coefficient (Wildman–Crippen LogP) is 1.89. The first-order valence-corrected chi connectivity index (χ1v) is 7.50. The van der Waals surface area contributed by atoms with Crippen LogP contribution in [0, 0.1) is 0 Å². The second-order valence-corrected chi connectivity index (χ2v) is 5.72. The molecule has 1 fully saturated rings. The summed E-state index contributed by atoms with van der Waals surface area (Å²) >= 11 is 1.89. The molecule has 0 aliphatic carbocycles. The van der Waals surface area contributed by atoms with Crippen LogP contribution in [0.5, 0.6) is 0 Å². The summed E-state index contributed by atoms with van der Waals surface area (Å²) in [7, 11) is 0. The van der Waals surface area contributed by atoms with E-state index in [0.29, 0.717) is 12.8 Å². The number of carbonyl (C=O) groups is 2. The van der Waals surface area contributed by atoms with Crippen molar-refractivity contribution in [2.24, 2.45) is 0 Å². The van der Waals surface area contributed by atoms with Gasteiger partial charge in [0.05, 0.1) is 5.56 Å². The molecule has 1 aromatic rings. The Labute approximate surface area is 116 Å². The highest BCUT2D eigenvalue weighted by Gasteiger charge is 2.16. The SMILES string of the molecule is O=C(O)c1ccc(CCC(=O)N2CCSCC2)cc1. The van der Waals surface area contributed by atoms with Gasteiger partial charge in [0, 0.05) is 31.0 Å². The molecule has 0 saturated carbocycles. The lowest BCUT2D eigenvalue weighted by molar-refractivity contribution is -0.130. The molecule has 0 radical (unpaired) electrons. The average Bonchev–Trinajstić information content (AvgIpc) is 2.46. The molecule has 4 nitrogen and oxygen atoms in total. The fourth-order valence-electron chi connectivity index (χ4n) is 2.04. The van der Waals surface area contributed by atoms with E-state index in [0.717, 1.165) is 30.2 Å². The van der Waals surface area contributed by atoms with E-state index in [9.17, 15) is 9.59 Å². The Morgan fingerprint density at radius 2 is 1.79 bits per heavy atom. The molecule has 0 spiro atoms. The molecule has 0 atom stereocenters. The van der Waals surface area contributed by atoms with Crippen LogP contribution in [0.4, 0.5) is 0 Å². The molecular formula is C14H17NO3S. The third-order valence-electron chi connectivity index (χ3n) is 3.19. The van der Waals surface area contributed by atoms with Crippen molar-refractivity contribution in [3.63, 3.8) is 0 Å². The van der Waals surface area contributed by atoms with E-state index in [-0.39, 0.29) is 11.5 Å². The second-order valence-electron chi connectivity index (χ2n) is 4.50. The van der Waals surface area contributed by atoms with E-state index in [2.05, 4.69) is 0 Å². The zero-order valence-corrected chi connectivity index (χ0v) is 11.5. The maximum Gasteiger partial charge on any atom is 0.335 e. The number of aryl methyl sites for hydroxylation is 1. The Morgan fingerprint density at radius 1 is 1.16 bits per heavy atom. The van der Waals surface area contributed by atoms with Crippen LogP contribution in [-0.2, 0) is 11.2 Å². The highest BCUT2D eigenvalue weighted by molar-refractivity contribution is 7.99. The van der Waals surface area contributed by atoms with Gasteiger partial charge in [0.1, 0.15) is 0 Å². The molecule has 0 bridgehead atoms. The fraction of sp³-hybridized carbons (Fsp3) is 0.429. The molecule has 0 aromatic heterocycles. The van der Waals surface area contributed by atoms with Gasteiger partial charge in [-0.25, -0.2) is 4.79 Å². The number of hydrogen-bond acceptors (Lipinski definition) is 3. The van der Waals surface area contributed by atoms with Crippen molar-refractivity contribution >= 4 is 23.6 Å². The van der Waals surface area contributed by atoms with Gasteiger partial charge in [-0.2, -0.15) is 11.8 Å². The molecule has 1 N–H and O–H groups in total. The van der Waals surface area contributed by atoms with Crippen LogP contribution in [0.25, 0.3) is 0 Å². The lowest BCUT2D eigenvalue weighted by Gasteiger charge is -2.26. The van der Waals surface area contributed by atoms with E-state index in [1.807, 2.05) is 16.7 Å². The summed E-state index contributed by atoms with van der Waals surface area (Å²) in [4.78, 5) is 24.6. The smallest absolute Gasteiger partial charge is 0.335 e. The van der Waals surface area contributed by atoms with Gasteiger partial charge in [0.15, 0.2) is 0 Å². The zero-order chi connectivity index (χ0) is 13.7. The van der Waals surface area contributed by atoms with E-state index in [4.69, 9.17) is 5.11 Å². The molecule has 0 unspecified atom stereocenters. The number of benzene rings is 1. The third-order valence-corrected chi connectivity index (χ3v) is 4.13. The standard InChI is InChI=1S/C14H17NO3S/c16-13(15-7-9-19-10-8-15)6-3-11-1-4-12(5-2-11)14(17)18/h1-2,4-5H,3,6-10H2,(H,17,18). The molecule has 1 amide bonds. The molecule has 102 valence electrons. The van der Waals surface area contributed by atoms with Crippen molar-refractivity contribution < 1.29 is 14.7 Å². The van der Waals surface area contributed by atoms with Gasteiger partial charge in [0.25, 0.3) is 0 Å². The molecule has 1 heterocycles.